The second-order valence-corrected chi connectivity index (χ2v) is 5.96. The number of carbonyl (C=O) groups excluding carboxylic acids is 1. The van der Waals surface area contributed by atoms with Gasteiger partial charge in [-0.2, -0.15) is 0 Å². The van der Waals surface area contributed by atoms with Crippen molar-refractivity contribution in [1.82, 2.24) is 15.2 Å². The topological polar surface area (TPSA) is 45.2 Å². The Kier molecular flexibility index (Phi) is 6.72. The van der Waals surface area contributed by atoms with Crippen molar-refractivity contribution < 1.29 is 4.79 Å². The molecule has 0 spiro atoms. The van der Waals surface area contributed by atoms with Gasteiger partial charge in [0.05, 0.1) is 0 Å². The van der Waals surface area contributed by atoms with E-state index in [0.29, 0.717) is 17.8 Å². The van der Waals surface area contributed by atoms with E-state index in [0.717, 1.165) is 24.0 Å². The van der Waals surface area contributed by atoms with E-state index in [4.69, 9.17) is 0 Å². The Morgan fingerprint density at radius 2 is 2.00 bits per heavy atom. The lowest BCUT2D eigenvalue weighted by atomic mass is 10.1. The zero-order chi connectivity index (χ0) is 12.5. The molecule has 0 aliphatic carbocycles. The molecule has 7 heteroatoms. The van der Waals surface area contributed by atoms with Crippen LogP contribution in [0, 0.1) is 0 Å². The van der Waals surface area contributed by atoms with Crippen LogP contribution in [0.3, 0.4) is 0 Å². The average Bonchev–Trinajstić information content (AvgIpc) is 2.69. The number of fused-ring (bicyclic) bond motifs is 2. The number of aromatic nitrogens is 1. The molecule has 0 radical (unpaired) electrons. The molecule has 4 nitrogen and oxygen atoms in total. The molecule has 112 valence electrons. The van der Waals surface area contributed by atoms with Gasteiger partial charge in [-0.05, 0) is 47.3 Å². The summed E-state index contributed by atoms with van der Waals surface area (Å²) in [6.07, 6.45) is 5.17. The molecule has 3 rings (SSSR count). The molecule has 0 aromatic carbocycles. The second-order valence-electron chi connectivity index (χ2n) is 5.04. The largest absolute Gasteiger partial charge is 0.336 e. The quantitative estimate of drug-likeness (QED) is 0.811. The Labute approximate surface area is 139 Å². The van der Waals surface area contributed by atoms with Gasteiger partial charge < -0.3 is 10.2 Å². The normalized spacial score (nSPS) is 24.4. The summed E-state index contributed by atoms with van der Waals surface area (Å²) in [5.41, 5.74) is 0.538. The Morgan fingerprint density at radius 1 is 1.25 bits per heavy atom. The van der Waals surface area contributed by atoms with Crippen molar-refractivity contribution in [2.75, 3.05) is 13.1 Å². The maximum atomic E-state index is 12.4. The minimum atomic E-state index is 0. The second kappa shape index (κ2) is 7.59. The first-order chi connectivity index (χ1) is 8.72. The van der Waals surface area contributed by atoms with E-state index < -0.39 is 0 Å². The van der Waals surface area contributed by atoms with Gasteiger partial charge in [-0.15, -0.1) is 24.8 Å². The molecule has 2 aliphatic rings. The molecule has 1 N–H and O–H groups in total. The van der Waals surface area contributed by atoms with Crippen LogP contribution in [-0.4, -0.2) is 41.0 Å². The zero-order valence-electron chi connectivity index (χ0n) is 10.9. The van der Waals surface area contributed by atoms with Gasteiger partial charge in [-0.25, -0.2) is 4.98 Å². The first-order valence-corrected chi connectivity index (χ1v) is 7.18. The van der Waals surface area contributed by atoms with Gasteiger partial charge in [0, 0.05) is 35.8 Å². The Morgan fingerprint density at radius 3 is 2.70 bits per heavy atom. The zero-order valence-corrected chi connectivity index (χ0v) is 14.1. The Balaban J connectivity index is 0.000001000. The summed E-state index contributed by atoms with van der Waals surface area (Å²) < 4.78 is 0.899. The molecular weight excluding hydrogens is 365 g/mol. The third kappa shape index (κ3) is 3.85. The Bertz CT molecular complexity index is 457. The highest BCUT2D eigenvalue weighted by molar-refractivity contribution is 9.10. The number of carbonyl (C=O) groups is 1. The molecule has 2 aliphatic heterocycles. The number of hydrogen-bond acceptors (Lipinski definition) is 3. The van der Waals surface area contributed by atoms with E-state index in [1.54, 1.807) is 12.3 Å². The van der Waals surface area contributed by atoms with Gasteiger partial charge in [0.2, 0.25) is 0 Å². The monoisotopic (exact) mass is 381 g/mol. The van der Waals surface area contributed by atoms with Crippen molar-refractivity contribution in [3.8, 4) is 0 Å². The van der Waals surface area contributed by atoms with Crippen molar-refractivity contribution in [3.63, 3.8) is 0 Å². The SMILES string of the molecule is Cl.Cl.O=C(c1ccc(Br)cn1)N1CCC2CCC(C1)N2. The molecular formula is C13H18BrCl2N3O. The maximum Gasteiger partial charge on any atom is 0.272 e. The van der Waals surface area contributed by atoms with Crippen LogP contribution in [0.5, 0.6) is 0 Å². The van der Waals surface area contributed by atoms with Crippen LogP contribution in [0.25, 0.3) is 0 Å². The molecule has 2 bridgehead atoms. The van der Waals surface area contributed by atoms with Crippen LogP contribution in [-0.2, 0) is 0 Å². The van der Waals surface area contributed by atoms with Crippen molar-refractivity contribution in [1.29, 1.82) is 0 Å². The molecule has 2 fully saturated rings. The van der Waals surface area contributed by atoms with Crippen LogP contribution < -0.4 is 5.32 Å². The molecule has 1 amide bonds. The van der Waals surface area contributed by atoms with Crippen LogP contribution >= 0.6 is 40.7 Å². The summed E-state index contributed by atoms with van der Waals surface area (Å²) in [6.45, 7) is 1.65. The number of amides is 1. The van der Waals surface area contributed by atoms with Crippen LogP contribution in [0.1, 0.15) is 29.8 Å². The van der Waals surface area contributed by atoms with Gasteiger partial charge >= 0.3 is 0 Å². The highest BCUT2D eigenvalue weighted by Gasteiger charge is 2.31. The molecule has 2 atom stereocenters. The summed E-state index contributed by atoms with van der Waals surface area (Å²) in [4.78, 5) is 18.5. The third-order valence-electron chi connectivity index (χ3n) is 3.76. The van der Waals surface area contributed by atoms with Gasteiger partial charge in [-0.3, -0.25) is 4.79 Å². The lowest BCUT2D eigenvalue weighted by Gasteiger charge is -2.23. The summed E-state index contributed by atoms with van der Waals surface area (Å²) >= 11 is 3.33. The van der Waals surface area contributed by atoms with E-state index in [1.165, 1.54) is 12.8 Å². The average molecular weight is 383 g/mol. The van der Waals surface area contributed by atoms with E-state index in [-0.39, 0.29) is 30.7 Å². The van der Waals surface area contributed by atoms with Gasteiger partial charge in [0.1, 0.15) is 5.69 Å². The van der Waals surface area contributed by atoms with Crippen LogP contribution in [0.15, 0.2) is 22.8 Å². The lowest BCUT2D eigenvalue weighted by molar-refractivity contribution is 0.0742. The third-order valence-corrected chi connectivity index (χ3v) is 4.23. The maximum absolute atomic E-state index is 12.4. The number of pyridine rings is 1. The van der Waals surface area contributed by atoms with E-state index in [1.807, 2.05) is 11.0 Å². The molecule has 3 heterocycles. The van der Waals surface area contributed by atoms with Gasteiger partial charge in [0.15, 0.2) is 0 Å². The molecule has 2 saturated heterocycles. The van der Waals surface area contributed by atoms with Crippen LogP contribution in [0.4, 0.5) is 0 Å². The summed E-state index contributed by atoms with van der Waals surface area (Å²) in [5, 5.41) is 3.58. The highest BCUT2D eigenvalue weighted by atomic mass is 79.9. The van der Waals surface area contributed by atoms with Crippen molar-refractivity contribution in [2.45, 2.75) is 31.3 Å². The smallest absolute Gasteiger partial charge is 0.272 e. The van der Waals surface area contributed by atoms with Crippen LogP contribution in [0.2, 0.25) is 0 Å². The first kappa shape index (κ1) is 17.7. The lowest BCUT2D eigenvalue weighted by Crippen LogP contribution is -2.39. The number of rotatable bonds is 1. The number of nitrogens with one attached hydrogen (secondary N) is 1. The Hall–Kier alpha value is -0.360. The predicted octanol–water partition coefficient (Wildman–Crippen LogP) is 2.65. The fraction of sp³-hybridized carbons (Fsp3) is 0.538. The number of hydrogen-bond donors (Lipinski definition) is 1. The van der Waals surface area contributed by atoms with E-state index in [2.05, 4.69) is 26.2 Å². The number of likely N-dealkylation sites (tertiary alicyclic amines) is 1. The molecule has 1 aromatic rings. The van der Waals surface area contributed by atoms with Gasteiger partial charge in [-0.1, -0.05) is 0 Å². The minimum Gasteiger partial charge on any atom is -0.336 e. The van der Waals surface area contributed by atoms with Crippen molar-refractivity contribution in [3.05, 3.63) is 28.5 Å². The van der Waals surface area contributed by atoms with Gasteiger partial charge in [0.25, 0.3) is 5.91 Å². The minimum absolute atomic E-state index is 0. The van der Waals surface area contributed by atoms with E-state index >= 15 is 0 Å². The first-order valence-electron chi connectivity index (χ1n) is 6.39. The highest BCUT2D eigenvalue weighted by Crippen LogP contribution is 2.21. The van der Waals surface area contributed by atoms with E-state index in [9.17, 15) is 4.79 Å². The molecule has 20 heavy (non-hydrogen) atoms. The summed E-state index contributed by atoms with van der Waals surface area (Å²) in [7, 11) is 0. The molecule has 0 saturated carbocycles. The van der Waals surface area contributed by atoms with Crippen molar-refractivity contribution >= 4 is 46.7 Å². The number of halogens is 3. The number of nitrogens with zero attached hydrogens (tertiary/aromatic N) is 2. The van der Waals surface area contributed by atoms with Crippen molar-refractivity contribution in [2.24, 2.45) is 0 Å². The predicted molar refractivity (Wildman–Crippen MR) is 86.9 cm³/mol. The summed E-state index contributed by atoms with van der Waals surface area (Å²) in [5.74, 6) is 0.0526. The molecule has 1 aromatic heterocycles. The fourth-order valence-corrected chi connectivity index (χ4v) is 3.03. The summed E-state index contributed by atoms with van der Waals surface area (Å²) in [6, 6.07) is 4.72. The fourth-order valence-electron chi connectivity index (χ4n) is 2.79. The molecule has 2 unspecified atom stereocenters. The standard InChI is InChI=1S/C13H16BrN3O.2ClH/c14-9-1-4-12(15-7-9)13(18)17-6-5-10-2-3-11(8-17)16-10;;/h1,4,7,10-11,16H,2-3,5-6,8H2;2*1H.